The van der Waals surface area contributed by atoms with Gasteiger partial charge in [-0.25, -0.2) is 8.78 Å². The van der Waals surface area contributed by atoms with Gasteiger partial charge in [-0.15, -0.1) is 0 Å². The van der Waals surface area contributed by atoms with Crippen LogP contribution in [0.25, 0.3) is 0 Å². The maximum atomic E-state index is 12.9. The van der Waals surface area contributed by atoms with E-state index in [1.807, 2.05) is 0 Å². The molecule has 150 valence electrons. The highest BCUT2D eigenvalue weighted by atomic mass is 19.3. The fraction of sp³-hybridized carbons (Fsp3) is 0.632. The van der Waals surface area contributed by atoms with Gasteiger partial charge in [-0.05, 0) is 43.0 Å². The number of nitrogens with one attached hydrogen (secondary N) is 2. The monoisotopic (exact) mass is 388 g/mol. The molecule has 4 nitrogen and oxygen atoms in total. The molecule has 2 atom stereocenters. The van der Waals surface area contributed by atoms with E-state index in [1.54, 1.807) is 24.3 Å². The minimum Gasteiger partial charge on any atom is -0.370 e. The van der Waals surface area contributed by atoms with Crippen LogP contribution in [0.5, 0.6) is 0 Å². The third kappa shape index (κ3) is 4.43. The van der Waals surface area contributed by atoms with Crippen molar-refractivity contribution < 1.29 is 27.1 Å². The van der Waals surface area contributed by atoms with E-state index in [-0.39, 0.29) is 12.5 Å². The van der Waals surface area contributed by atoms with Crippen LogP contribution in [-0.4, -0.2) is 38.0 Å². The average molecular weight is 388 g/mol. The van der Waals surface area contributed by atoms with Crippen LogP contribution in [0.2, 0.25) is 0 Å². The normalized spacial score (nSPS) is 25.4. The second kappa shape index (κ2) is 8.14. The summed E-state index contributed by atoms with van der Waals surface area (Å²) in [4.78, 5) is 12.9. The molecular weight excluding hydrogens is 364 g/mol. The summed E-state index contributed by atoms with van der Waals surface area (Å²) in [5.74, 6) is -3.87. The maximum absolute atomic E-state index is 12.9. The molecule has 0 bridgehead atoms. The smallest absolute Gasteiger partial charge is 0.330 e. The van der Waals surface area contributed by atoms with Crippen LogP contribution in [0.15, 0.2) is 24.3 Å². The van der Waals surface area contributed by atoms with E-state index in [2.05, 4.69) is 10.6 Å². The van der Waals surface area contributed by atoms with Gasteiger partial charge < -0.3 is 15.4 Å². The van der Waals surface area contributed by atoms with Crippen molar-refractivity contribution in [1.82, 2.24) is 5.32 Å². The predicted octanol–water partition coefficient (Wildman–Crippen LogP) is 3.82. The molecule has 2 fully saturated rings. The molecule has 1 saturated heterocycles. The van der Waals surface area contributed by atoms with Crippen molar-refractivity contribution in [2.45, 2.75) is 44.6 Å². The van der Waals surface area contributed by atoms with E-state index < -0.39 is 24.4 Å². The molecule has 27 heavy (non-hydrogen) atoms. The van der Waals surface area contributed by atoms with Gasteiger partial charge in [0.25, 0.3) is 0 Å². The molecule has 1 heterocycles. The van der Waals surface area contributed by atoms with Crippen LogP contribution in [0, 0.1) is 11.3 Å². The molecule has 3 rings (SSSR count). The summed E-state index contributed by atoms with van der Waals surface area (Å²) >= 11 is 0. The van der Waals surface area contributed by atoms with Crippen molar-refractivity contribution in [2.24, 2.45) is 11.3 Å². The van der Waals surface area contributed by atoms with E-state index in [9.17, 15) is 22.4 Å². The largest absolute Gasteiger partial charge is 0.370 e. The third-order valence-electron chi connectivity index (χ3n) is 5.56. The molecule has 1 aromatic rings. The summed E-state index contributed by atoms with van der Waals surface area (Å²) in [6, 6.07) is 6.64. The second-order valence-corrected chi connectivity index (χ2v) is 7.44. The lowest BCUT2D eigenvalue weighted by molar-refractivity contribution is -0.168. The van der Waals surface area contributed by atoms with Crippen molar-refractivity contribution in [2.75, 3.05) is 25.0 Å². The van der Waals surface area contributed by atoms with Crippen molar-refractivity contribution in [1.29, 1.82) is 0 Å². The number of benzene rings is 1. The summed E-state index contributed by atoms with van der Waals surface area (Å²) in [7, 11) is 0. The van der Waals surface area contributed by atoms with Gasteiger partial charge in [0, 0.05) is 12.2 Å². The Labute approximate surface area is 155 Å². The molecule has 1 amide bonds. The Morgan fingerprint density at radius 2 is 2.19 bits per heavy atom. The number of carbonyl (C=O) groups is 1. The van der Waals surface area contributed by atoms with Gasteiger partial charge >= 0.3 is 12.3 Å². The standard InChI is InChI=1S/C19H24F4N2O2/c20-16(21)19(22,23)12-27-10-13-4-3-6-15(8-13)25-17(26)18-7-2-1-5-14(18)9-24-11-18/h3-4,6,8,14,16,24H,1-2,5,7,9-12H2,(H,25,26)/t14-,18+/m0/s1. The quantitative estimate of drug-likeness (QED) is 0.699. The van der Waals surface area contributed by atoms with Gasteiger partial charge in [-0.3, -0.25) is 4.79 Å². The number of amides is 1. The molecule has 1 aliphatic heterocycles. The summed E-state index contributed by atoms with van der Waals surface area (Å²) in [6.07, 6.45) is 0.287. The molecule has 1 aliphatic carbocycles. The number of alkyl halides is 4. The van der Waals surface area contributed by atoms with Crippen molar-refractivity contribution in [3.63, 3.8) is 0 Å². The van der Waals surface area contributed by atoms with Crippen LogP contribution in [0.1, 0.15) is 31.2 Å². The zero-order chi connectivity index (χ0) is 19.5. The van der Waals surface area contributed by atoms with E-state index in [1.165, 1.54) is 0 Å². The third-order valence-corrected chi connectivity index (χ3v) is 5.56. The number of rotatable bonds is 7. The second-order valence-electron chi connectivity index (χ2n) is 7.44. The lowest BCUT2D eigenvalue weighted by Gasteiger charge is -2.37. The zero-order valence-corrected chi connectivity index (χ0v) is 14.9. The first-order valence-corrected chi connectivity index (χ1v) is 9.18. The van der Waals surface area contributed by atoms with Crippen LogP contribution in [0.4, 0.5) is 23.2 Å². The van der Waals surface area contributed by atoms with Crippen LogP contribution < -0.4 is 10.6 Å². The Hall–Kier alpha value is -1.67. The Morgan fingerprint density at radius 1 is 1.37 bits per heavy atom. The summed E-state index contributed by atoms with van der Waals surface area (Å²) < 4.78 is 54.8. The Morgan fingerprint density at radius 3 is 2.96 bits per heavy atom. The minimum absolute atomic E-state index is 0.0282. The Kier molecular flexibility index (Phi) is 6.05. The SMILES string of the molecule is O=C(Nc1cccc(COCC(F)(F)C(F)F)c1)[C@@]12CCCC[C@H]1CNC2. The van der Waals surface area contributed by atoms with E-state index in [0.29, 0.717) is 23.7 Å². The predicted molar refractivity (Wildman–Crippen MR) is 92.9 cm³/mol. The molecule has 1 saturated carbocycles. The van der Waals surface area contributed by atoms with Gasteiger partial charge in [-0.1, -0.05) is 25.0 Å². The highest BCUT2D eigenvalue weighted by Gasteiger charge is 2.49. The number of anilines is 1. The van der Waals surface area contributed by atoms with E-state index in [0.717, 1.165) is 32.2 Å². The number of ether oxygens (including phenoxy) is 1. The Bertz CT molecular complexity index is 671. The van der Waals surface area contributed by atoms with E-state index in [4.69, 9.17) is 4.74 Å². The summed E-state index contributed by atoms with van der Waals surface area (Å²) in [5, 5.41) is 6.26. The highest BCUT2D eigenvalue weighted by molar-refractivity contribution is 5.96. The van der Waals surface area contributed by atoms with Crippen molar-refractivity contribution in [3.05, 3.63) is 29.8 Å². The summed E-state index contributed by atoms with van der Waals surface area (Å²) in [5.41, 5.74) is 0.678. The molecule has 8 heteroatoms. The molecule has 0 spiro atoms. The topological polar surface area (TPSA) is 50.4 Å². The number of carbonyl (C=O) groups excluding carboxylic acids is 1. The van der Waals surface area contributed by atoms with Gasteiger partial charge in [-0.2, -0.15) is 8.78 Å². The van der Waals surface area contributed by atoms with E-state index >= 15 is 0 Å². The van der Waals surface area contributed by atoms with Gasteiger partial charge in [0.2, 0.25) is 5.91 Å². The highest BCUT2D eigenvalue weighted by Crippen LogP contribution is 2.44. The molecule has 0 unspecified atom stereocenters. The first-order valence-electron chi connectivity index (χ1n) is 9.18. The fourth-order valence-electron chi connectivity index (χ4n) is 4.05. The lowest BCUT2D eigenvalue weighted by atomic mass is 9.67. The maximum Gasteiger partial charge on any atom is 0.330 e. The first kappa shape index (κ1) is 20.1. The van der Waals surface area contributed by atoms with Crippen molar-refractivity contribution >= 4 is 11.6 Å². The number of fused-ring (bicyclic) bond motifs is 1. The van der Waals surface area contributed by atoms with Crippen LogP contribution in [-0.2, 0) is 16.1 Å². The molecule has 2 N–H and O–H groups in total. The average Bonchev–Trinajstić information content (AvgIpc) is 3.07. The van der Waals surface area contributed by atoms with Crippen LogP contribution in [0.3, 0.4) is 0 Å². The molecule has 0 aromatic heterocycles. The molecule has 0 radical (unpaired) electrons. The van der Waals surface area contributed by atoms with Crippen molar-refractivity contribution in [3.8, 4) is 0 Å². The lowest BCUT2D eigenvalue weighted by Crippen LogP contribution is -2.44. The number of hydrogen-bond donors (Lipinski definition) is 2. The molecular formula is C19H24F4N2O2. The fourth-order valence-corrected chi connectivity index (χ4v) is 4.05. The van der Waals surface area contributed by atoms with Crippen LogP contribution >= 0.6 is 0 Å². The minimum atomic E-state index is -4.17. The number of hydrogen-bond acceptors (Lipinski definition) is 3. The molecule has 2 aliphatic rings. The van der Waals surface area contributed by atoms with Gasteiger partial charge in [0.1, 0.15) is 6.61 Å². The van der Waals surface area contributed by atoms with Gasteiger partial charge in [0.15, 0.2) is 0 Å². The van der Waals surface area contributed by atoms with Gasteiger partial charge in [0.05, 0.1) is 12.0 Å². The summed E-state index contributed by atoms with van der Waals surface area (Å²) in [6.45, 7) is -0.0757. The molecule has 1 aromatic carbocycles. The first-order chi connectivity index (χ1) is 12.8. The number of halogens is 4. The zero-order valence-electron chi connectivity index (χ0n) is 14.9. The Balaban J connectivity index is 1.60.